The average Bonchev–Trinajstić information content (AvgIpc) is 2.95. The first kappa shape index (κ1) is 20.3. The van der Waals surface area contributed by atoms with E-state index < -0.39 is 11.7 Å². The van der Waals surface area contributed by atoms with Gasteiger partial charge in [0.15, 0.2) is 0 Å². The van der Waals surface area contributed by atoms with Gasteiger partial charge < -0.3 is 15.0 Å². The molecule has 7 heteroatoms. The first-order valence-corrected chi connectivity index (χ1v) is 10.3. The number of thiazole rings is 1. The lowest BCUT2D eigenvalue weighted by Crippen LogP contribution is -2.56. The van der Waals surface area contributed by atoms with E-state index in [9.17, 15) is 9.59 Å². The lowest BCUT2D eigenvalue weighted by Gasteiger charge is -2.40. The molecule has 2 heterocycles. The number of aryl methyl sites for hydroxylation is 2. The van der Waals surface area contributed by atoms with Crippen molar-refractivity contribution >= 4 is 23.3 Å². The number of aromatic nitrogens is 1. The number of ether oxygens (including phenoxy) is 1. The van der Waals surface area contributed by atoms with Gasteiger partial charge >= 0.3 is 6.09 Å². The first-order valence-electron chi connectivity index (χ1n) is 9.46. The average molecular weight is 402 g/mol. The second-order valence-corrected chi connectivity index (χ2v) is 9.30. The predicted octanol–water partition coefficient (Wildman–Crippen LogP) is 4.17. The SMILES string of the molecule is Cc1ccc(-c2sc(C)nc2C(=O)N2CCC2CNC(=O)OC(C)(C)C)cc1. The van der Waals surface area contributed by atoms with Crippen LogP contribution in [-0.4, -0.2) is 46.6 Å². The molecule has 0 radical (unpaired) electrons. The highest BCUT2D eigenvalue weighted by Crippen LogP contribution is 2.33. The molecule has 1 aromatic heterocycles. The van der Waals surface area contributed by atoms with E-state index in [1.165, 1.54) is 16.9 Å². The number of hydrogen-bond acceptors (Lipinski definition) is 5. The summed E-state index contributed by atoms with van der Waals surface area (Å²) in [5, 5.41) is 3.63. The largest absolute Gasteiger partial charge is 0.444 e. The van der Waals surface area contributed by atoms with Gasteiger partial charge in [-0.15, -0.1) is 11.3 Å². The Morgan fingerprint density at radius 3 is 2.50 bits per heavy atom. The van der Waals surface area contributed by atoms with Gasteiger partial charge in [-0.1, -0.05) is 29.8 Å². The summed E-state index contributed by atoms with van der Waals surface area (Å²) in [5.74, 6) is -0.0813. The second kappa shape index (κ2) is 7.91. The Hall–Kier alpha value is -2.41. The van der Waals surface area contributed by atoms with Gasteiger partial charge in [0.1, 0.15) is 11.3 Å². The standard InChI is InChI=1S/C21H27N3O3S/c1-13-6-8-15(9-7-13)18-17(23-14(2)28-18)19(25)24-11-10-16(24)12-22-20(26)27-21(3,4)5/h6-9,16H,10-12H2,1-5H3,(H,22,26). The first-order chi connectivity index (χ1) is 13.1. The molecule has 0 saturated carbocycles. The molecule has 1 aromatic carbocycles. The van der Waals surface area contributed by atoms with Crippen molar-refractivity contribution in [3.8, 4) is 10.4 Å². The molecular weight excluding hydrogens is 374 g/mol. The third-order valence-corrected chi connectivity index (χ3v) is 5.56. The van der Waals surface area contributed by atoms with Gasteiger partial charge in [-0.05, 0) is 46.6 Å². The van der Waals surface area contributed by atoms with Gasteiger partial charge in [-0.3, -0.25) is 4.79 Å². The van der Waals surface area contributed by atoms with Crippen molar-refractivity contribution in [1.82, 2.24) is 15.2 Å². The highest BCUT2D eigenvalue weighted by molar-refractivity contribution is 7.15. The summed E-state index contributed by atoms with van der Waals surface area (Å²) >= 11 is 1.53. The maximum Gasteiger partial charge on any atom is 0.407 e. The zero-order valence-corrected chi connectivity index (χ0v) is 17.9. The number of rotatable bonds is 4. The van der Waals surface area contributed by atoms with Gasteiger partial charge in [-0.25, -0.2) is 9.78 Å². The monoisotopic (exact) mass is 401 g/mol. The Morgan fingerprint density at radius 1 is 1.25 bits per heavy atom. The molecule has 1 aliphatic heterocycles. The molecule has 28 heavy (non-hydrogen) atoms. The molecule has 1 aliphatic rings. The number of carbonyl (C=O) groups is 2. The molecule has 0 bridgehead atoms. The van der Waals surface area contributed by atoms with Crippen LogP contribution in [0.3, 0.4) is 0 Å². The summed E-state index contributed by atoms with van der Waals surface area (Å²) in [5.41, 5.74) is 2.13. The number of alkyl carbamates (subject to hydrolysis) is 1. The third kappa shape index (κ3) is 4.70. The Bertz CT molecular complexity index is 868. The van der Waals surface area contributed by atoms with Crippen LogP contribution in [-0.2, 0) is 4.74 Å². The fourth-order valence-electron chi connectivity index (χ4n) is 3.04. The molecule has 3 rings (SSSR count). The fraction of sp³-hybridized carbons (Fsp3) is 0.476. The zero-order chi connectivity index (χ0) is 20.5. The van der Waals surface area contributed by atoms with Crippen molar-refractivity contribution in [2.24, 2.45) is 0 Å². The van der Waals surface area contributed by atoms with Gasteiger partial charge in [-0.2, -0.15) is 0 Å². The van der Waals surface area contributed by atoms with E-state index in [1.807, 2.05) is 58.9 Å². The van der Waals surface area contributed by atoms with Crippen LogP contribution in [0.4, 0.5) is 4.79 Å². The summed E-state index contributed by atoms with van der Waals surface area (Å²) < 4.78 is 5.26. The van der Waals surface area contributed by atoms with Crippen LogP contribution in [0.25, 0.3) is 10.4 Å². The minimum absolute atomic E-state index is 0.0344. The van der Waals surface area contributed by atoms with Crippen molar-refractivity contribution in [2.75, 3.05) is 13.1 Å². The number of nitrogens with one attached hydrogen (secondary N) is 1. The lowest BCUT2D eigenvalue weighted by molar-refractivity contribution is 0.0371. The topological polar surface area (TPSA) is 71.5 Å². The molecule has 1 saturated heterocycles. The van der Waals surface area contributed by atoms with Crippen LogP contribution in [0.2, 0.25) is 0 Å². The van der Waals surface area contributed by atoms with E-state index in [2.05, 4.69) is 10.3 Å². The van der Waals surface area contributed by atoms with Crippen molar-refractivity contribution in [2.45, 2.75) is 52.7 Å². The van der Waals surface area contributed by atoms with Crippen LogP contribution >= 0.6 is 11.3 Å². The van der Waals surface area contributed by atoms with Crippen molar-refractivity contribution in [3.05, 3.63) is 40.5 Å². The van der Waals surface area contributed by atoms with Gasteiger partial charge in [0.25, 0.3) is 5.91 Å². The number of hydrogen-bond donors (Lipinski definition) is 1. The summed E-state index contributed by atoms with van der Waals surface area (Å²) in [6, 6.07) is 8.09. The third-order valence-electron chi connectivity index (χ3n) is 4.54. The Morgan fingerprint density at radius 2 is 1.93 bits per heavy atom. The molecule has 1 atom stereocenters. The normalized spacial score (nSPS) is 16.5. The highest BCUT2D eigenvalue weighted by Gasteiger charge is 2.35. The second-order valence-electron chi connectivity index (χ2n) is 8.10. The van der Waals surface area contributed by atoms with Crippen LogP contribution in [0.15, 0.2) is 24.3 Å². The molecule has 0 spiro atoms. The summed E-state index contributed by atoms with van der Waals surface area (Å²) in [6.07, 6.45) is 0.390. The molecular formula is C21H27N3O3S. The Labute approximate surface area is 169 Å². The Kier molecular flexibility index (Phi) is 5.74. The molecule has 6 nitrogen and oxygen atoms in total. The zero-order valence-electron chi connectivity index (χ0n) is 17.0. The molecule has 1 fully saturated rings. The van der Waals surface area contributed by atoms with Crippen LogP contribution < -0.4 is 5.32 Å². The number of carbonyl (C=O) groups excluding carboxylic acids is 2. The number of likely N-dealkylation sites (tertiary alicyclic amines) is 1. The maximum atomic E-state index is 13.1. The van der Waals surface area contributed by atoms with E-state index in [0.717, 1.165) is 21.9 Å². The number of amides is 2. The van der Waals surface area contributed by atoms with Crippen molar-refractivity contribution in [3.63, 3.8) is 0 Å². The number of benzene rings is 1. The molecule has 1 N–H and O–H groups in total. The van der Waals surface area contributed by atoms with Crippen LogP contribution in [0.1, 0.15) is 48.3 Å². The summed E-state index contributed by atoms with van der Waals surface area (Å²) in [4.78, 5) is 32.2. The minimum Gasteiger partial charge on any atom is -0.444 e. The molecule has 2 amide bonds. The number of nitrogens with zero attached hydrogens (tertiary/aromatic N) is 2. The van der Waals surface area contributed by atoms with Crippen molar-refractivity contribution in [1.29, 1.82) is 0 Å². The van der Waals surface area contributed by atoms with Crippen molar-refractivity contribution < 1.29 is 14.3 Å². The predicted molar refractivity (Wildman–Crippen MR) is 111 cm³/mol. The van der Waals surface area contributed by atoms with Gasteiger partial charge in [0.2, 0.25) is 0 Å². The van der Waals surface area contributed by atoms with Crippen LogP contribution in [0, 0.1) is 13.8 Å². The maximum absolute atomic E-state index is 13.1. The van der Waals surface area contributed by atoms with E-state index in [1.54, 1.807) is 4.90 Å². The quantitative estimate of drug-likeness (QED) is 0.835. The highest BCUT2D eigenvalue weighted by atomic mass is 32.1. The lowest BCUT2D eigenvalue weighted by atomic mass is 10.0. The molecule has 2 aromatic rings. The van der Waals surface area contributed by atoms with E-state index in [-0.39, 0.29) is 11.9 Å². The van der Waals surface area contributed by atoms with Crippen LogP contribution in [0.5, 0.6) is 0 Å². The van der Waals surface area contributed by atoms with E-state index in [0.29, 0.717) is 18.8 Å². The van der Waals surface area contributed by atoms with Gasteiger partial charge in [0.05, 0.1) is 15.9 Å². The summed E-state index contributed by atoms with van der Waals surface area (Å²) in [7, 11) is 0. The smallest absolute Gasteiger partial charge is 0.407 e. The minimum atomic E-state index is -0.541. The van der Waals surface area contributed by atoms with Gasteiger partial charge in [0, 0.05) is 13.1 Å². The van der Waals surface area contributed by atoms with E-state index in [4.69, 9.17) is 4.74 Å². The van der Waals surface area contributed by atoms with E-state index >= 15 is 0 Å². The summed E-state index contributed by atoms with van der Waals surface area (Å²) in [6.45, 7) is 10.5. The molecule has 1 unspecified atom stereocenters. The fourth-order valence-corrected chi connectivity index (χ4v) is 3.96. The Balaban J connectivity index is 1.69. The molecule has 0 aliphatic carbocycles. The molecule has 150 valence electrons.